The minimum Gasteiger partial charge on any atom is -0.347 e. The smallest absolute Gasteiger partial charge is 0.272 e. The van der Waals surface area contributed by atoms with Crippen LogP contribution in [-0.2, 0) is 9.13 Å². The third-order valence-electron chi connectivity index (χ3n) is 2.02. The van der Waals surface area contributed by atoms with Crippen LogP contribution < -0.4 is 0 Å². The van der Waals surface area contributed by atoms with E-state index in [2.05, 4.69) is 0 Å². The van der Waals surface area contributed by atoms with Crippen LogP contribution in [0.4, 0.5) is 0 Å². The molecule has 17 heavy (non-hydrogen) atoms. The van der Waals surface area contributed by atoms with E-state index in [0.717, 1.165) is 0 Å². The molecule has 7 nitrogen and oxygen atoms in total. The summed E-state index contributed by atoms with van der Waals surface area (Å²) in [6.45, 7) is 4.87. The molecule has 0 amide bonds. The summed E-state index contributed by atoms with van der Waals surface area (Å²) >= 11 is -0.869. The predicted octanol–water partition coefficient (Wildman–Crippen LogP) is -0.473. The number of hydrogen-bond donors (Lipinski definition) is 5. The van der Waals surface area contributed by atoms with Gasteiger partial charge in [-0.25, -0.2) is 0 Å². The summed E-state index contributed by atoms with van der Waals surface area (Å²) in [7, 11) is -8.56. The summed E-state index contributed by atoms with van der Waals surface area (Å²) in [5, 5.41) is 0. The van der Waals surface area contributed by atoms with Crippen molar-refractivity contribution in [2.45, 2.75) is 29.8 Å². The Hall–Kier alpha value is 1.22. The molecule has 0 saturated carbocycles. The quantitative estimate of drug-likeness (QED) is 0.340. The van der Waals surface area contributed by atoms with Gasteiger partial charge in [-0.1, -0.05) is 13.8 Å². The minimum atomic E-state index is -3.63. The molecule has 0 rings (SSSR count). The summed E-state index contributed by atoms with van der Waals surface area (Å²) in [6, 6.07) is 0. The molecule has 4 atom stereocenters. The molecule has 0 aliphatic carbocycles. The molecular formula is C6H22AlO7P3. The number of hydrogen-bond acceptors (Lipinski definition) is 5. The maximum Gasteiger partial charge on any atom is 0.272 e. The molecule has 0 fully saturated rings. The Kier molecular flexibility index (Phi) is 12.2. The summed E-state index contributed by atoms with van der Waals surface area (Å²) < 4.78 is 20.6. The number of rotatable bonds is 5. The molecule has 4 unspecified atom stereocenters. The third kappa shape index (κ3) is 15.2. The van der Waals surface area contributed by atoms with Gasteiger partial charge >= 0.3 is 35.7 Å². The molecule has 0 aromatic rings. The fourth-order valence-electron chi connectivity index (χ4n) is 0.732. The topological polar surface area (TPSA) is 135 Å². The van der Waals surface area contributed by atoms with Crippen molar-refractivity contribution in [1.29, 1.82) is 0 Å². The average molecular weight is 326 g/mol. The first-order valence-corrected chi connectivity index (χ1v) is 11.7. The van der Waals surface area contributed by atoms with Crippen LogP contribution in [0.15, 0.2) is 0 Å². The fraction of sp³-hybridized carbons (Fsp3) is 1.00. The molecule has 0 heterocycles. The molecule has 106 valence electrons. The first kappa shape index (κ1) is 20.5. The van der Waals surface area contributed by atoms with Gasteiger partial charge < -0.3 is 9.79 Å². The molecule has 0 radical (unpaired) electrons. The van der Waals surface area contributed by atoms with E-state index >= 15 is 0 Å². The van der Waals surface area contributed by atoms with Crippen LogP contribution in [0.5, 0.6) is 0 Å². The Balaban J connectivity index is 0. The van der Waals surface area contributed by atoms with Gasteiger partial charge in [0.25, 0.3) is 15.2 Å². The average Bonchev–Trinajstić information content (AvgIpc) is 2.17. The summed E-state index contributed by atoms with van der Waals surface area (Å²) in [5.41, 5.74) is 0. The van der Waals surface area contributed by atoms with E-state index in [0.29, 0.717) is 0 Å². The van der Waals surface area contributed by atoms with Gasteiger partial charge in [0.15, 0.2) is 16.1 Å². The zero-order chi connectivity index (χ0) is 14.2. The molecule has 0 bridgehead atoms. The SMILES string of the molecule is CC[PH](O)(O)O.C[CH]([AlH][CH](C)[PH](=O)O)[PH](=O)O. The van der Waals surface area contributed by atoms with Crippen molar-refractivity contribution in [2.75, 3.05) is 6.16 Å². The van der Waals surface area contributed by atoms with Crippen molar-refractivity contribution in [2.24, 2.45) is 0 Å². The third-order valence-corrected chi connectivity index (χ3v) is 9.58. The predicted molar refractivity (Wildman–Crippen MR) is 74.0 cm³/mol. The van der Waals surface area contributed by atoms with E-state index in [9.17, 15) is 9.13 Å². The van der Waals surface area contributed by atoms with Crippen LogP contribution in [0.2, 0.25) is 0 Å². The van der Waals surface area contributed by atoms with Gasteiger partial charge in [0.2, 0.25) is 0 Å². The Morgan fingerprint density at radius 3 is 1.41 bits per heavy atom. The molecule has 0 saturated heterocycles. The molecule has 0 spiro atoms. The van der Waals surface area contributed by atoms with Crippen LogP contribution in [0.25, 0.3) is 0 Å². The Morgan fingerprint density at radius 1 is 1.06 bits per heavy atom. The maximum absolute atomic E-state index is 10.5. The van der Waals surface area contributed by atoms with Crippen molar-refractivity contribution in [3.05, 3.63) is 0 Å². The molecule has 0 aromatic heterocycles. The Bertz CT molecular complexity index is 238. The van der Waals surface area contributed by atoms with Crippen LogP contribution in [0.1, 0.15) is 20.8 Å². The van der Waals surface area contributed by atoms with Crippen LogP contribution >= 0.6 is 24.0 Å². The standard InChI is InChI=1S/C2H9O3P.2C2H6O2P.Al.H/c1-2-6(3,4)5;2*1-2-5(3)4;;/h3-6H,2H2,1H3;2*2,5H,1H3,(H,3,4);;. The maximum atomic E-state index is 10.5. The molecule has 5 N–H and O–H groups in total. The van der Waals surface area contributed by atoms with Crippen molar-refractivity contribution >= 4 is 39.2 Å². The first-order chi connectivity index (χ1) is 7.51. The molecule has 0 aliphatic heterocycles. The van der Waals surface area contributed by atoms with E-state index in [-0.39, 0.29) is 15.2 Å². The van der Waals surface area contributed by atoms with Crippen LogP contribution in [0.3, 0.4) is 0 Å². The monoisotopic (exact) mass is 326 g/mol. The van der Waals surface area contributed by atoms with Crippen molar-refractivity contribution in [3.63, 3.8) is 0 Å². The van der Waals surface area contributed by atoms with Crippen LogP contribution in [-0.4, -0.2) is 54.9 Å². The van der Waals surface area contributed by atoms with Crippen molar-refractivity contribution < 1.29 is 33.6 Å². The van der Waals surface area contributed by atoms with E-state index in [4.69, 9.17) is 24.5 Å². The van der Waals surface area contributed by atoms with Crippen LogP contribution in [0, 0.1) is 0 Å². The summed E-state index contributed by atoms with van der Waals surface area (Å²) in [4.78, 5) is 41.5. The van der Waals surface area contributed by atoms with Gasteiger partial charge in [-0.3, -0.25) is 9.13 Å². The van der Waals surface area contributed by atoms with Gasteiger partial charge in [-0.2, -0.15) is 0 Å². The van der Waals surface area contributed by atoms with Gasteiger partial charge in [0, 0.05) is 0 Å². The van der Waals surface area contributed by atoms with Gasteiger partial charge in [-0.15, -0.1) is 0 Å². The minimum absolute atomic E-state index is 0.0764. The van der Waals surface area contributed by atoms with Crippen molar-refractivity contribution in [3.8, 4) is 0 Å². The fourth-order valence-corrected chi connectivity index (χ4v) is 6.23. The Morgan fingerprint density at radius 2 is 1.29 bits per heavy atom. The summed E-state index contributed by atoms with van der Waals surface area (Å²) in [6.07, 6.45) is 0.0764. The van der Waals surface area contributed by atoms with Gasteiger partial charge in [0.1, 0.15) is 0 Å². The summed E-state index contributed by atoms with van der Waals surface area (Å²) in [5.74, 6) is 0. The van der Waals surface area contributed by atoms with E-state index < -0.39 is 39.2 Å². The second kappa shape index (κ2) is 10.1. The molecule has 11 heteroatoms. The molecular weight excluding hydrogens is 304 g/mol. The second-order valence-corrected chi connectivity index (χ2v) is 14.0. The Labute approximate surface area is 109 Å². The second-order valence-electron chi connectivity index (χ2n) is 3.84. The van der Waals surface area contributed by atoms with Crippen molar-refractivity contribution in [1.82, 2.24) is 0 Å². The zero-order valence-electron chi connectivity index (χ0n) is 10.1. The molecule has 0 aromatic carbocycles. The van der Waals surface area contributed by atoms with Gasteiger partial charge in [-0.05, 0) is 9.04 Å². The van der Waals surface area contributed by atoms with Gasteiger partial charge in [0.05, 0.1) is 0 Å². The zero-order valence-corrected chi connectivity index (χ0v) is 14.5. The molecule has 0 aliphatic rings. The normalized spacial score (nSPS) is 19.3. The van der Waals surface area contributed by atoms with E-state index in [1.165, 1.54) is 6.92 Å². The van der Waals surface area contributed by atoms with E-state index in [1.807, 2.05) is 0 Å². The largest absolute Gasteiger partial charge is 0.347 e. The van der Waals surface area contributed by atoms with E-state index in [1.54, 1.807) is 13.8 Å². The first-order valence-electron chi connectivity index (χ1n) is 5.14.